The topological polar surface area (TPSA) is 45.2 Å². The van der Waals surface area contributed by atoms with Gasteiger partial charge in [-0.3, -0.25) is 14.7 Å². The molecule has 0 aliphatic carbocycles. The van der Waals surface area contributed by atoms with E-state index in [0.29, 0.717) is 23.0 Å². The first kappa shape index (κ1) is 16.9. The zero-order valence-electron chi connectivity index (χ0n) is 13.8. The van der Waals surface area contributed by atoms with Gasteiger partial charge in [0.25, 0.3) is 5.91 Å². The monoisotopic (exact) mass is 343 g/mol. The van der Waals surface area contributed by atoms with E-state index in [1.165, 1.54) is 5.56 Å². The van der Waals surface area contributed by atoms with Crippen molar-refractivity contribution in [3.8, 4) is 0 Å². The average molecular weight is 344 g/mol. The van der Waals surface area contributed by atoms with E-state index < -0.39 is 0 Å². The quantitative estimate of drug-likeness (QED) is 0.906. The maximum Gasteiger partial charge on any atom is 0.251 e. The summed E-state index contributed by atoms with van der Waals surface area (Å²) in [4.78, 5) is 18.8. The van der Waals surface area contributed by atoms with Crippen LogP contribution in [0.15, 0.2) is 42.7 Å². The number of halogens is 1. The Kier molecular flexibility index (Phi) is 5.48. The third kappa shape index (κ3) is 4.34. The summed E-state index contributed by atoms with van der Waals surface area (Å²) in [7, 11) is 0. The summed E-state index contributed by atoms with van der Waals surface area (Å²) in [6.45, 7) is 5.62. The van der Waals surface area contributed by atoms with Gasteiger partial charge in [-0.2, -0.15) is 0 Å². The molecule has 0 radical (unpaired) electrons. The van der Waals surface area contributed by atoms with E-state index in [4.69, 9.17) is 11.6 Å². The van der Waals surface area contributed by atoms with Gasteiger partial charge in [0.1, 0.15) is 0 Å². The molecule has 1 atom stereocenters. The van der Waals surface area contributed by atoms with E-state index in [0.717, 1.165) is 31.6 Å². The number of nitrogens with zero attached hydrogens (tertiary/aromatic N) is 2. The second-order valence-corrected chi connectivity index (χ2v) is 6.83. The van der Waals surface area contributed by atoms with Crippen LogP contribution in [0.2, 0.25) is 5.02 Å². The summed E-state index contributed by atoms with van der Waals surface area (Å²) in [6.07, 6.45) is 4.81. The van der Waals surface area contributed by atoms with Crippen molar-refractivity contribution in [1.29, 1.82) is 0 Å². The van der Waals surface area contributed by atoms with E-state index in [2.05, 4.69) is 21.3 Å². The second-order valence-electron chi connectivity index (χ2n) is 6.43. The SMILES string of the molecule is Cc1ccc(C(=O)NC[C@H]2CCN(Cc3cccnc3)C2)cc1Cl. The van der Waals surface area contributed by atoms with Crippen LogP contribution in [-0.2, 0) is 6.54 Å². The fourth-order valence-corrected chi connectivity index (χ4v) is 3.23. The molecule has 2 aromatic rings. The number of carbonyl (C=O) groups excluding carboxylic acids is 1. The fourth-order valence-electron chi connectivity index (χ4n) is 3.05. The summed E-state index contributed by atoms with van der Waals surface area (Å²) >= 11 is 6.09. The van der Waals surface area contributed by atoms with Gasteiger partial charge in [0.15, 0.2) is 0 Å². The van der Waals surface area contributed by atoms with Gasteiger partial charge in [0.2, 0.25) is 0 Å². The van der Waals surface area contributed by atoms with Gasteiger partial charge < -0.3 is 5.32 Å². The van der Waals surface area contributed by atoms with E-state index in [9.17, 15) is 4.79 Å². The maximum atomic E-state index is 12.2. The van der Waals surface area contributed by atoms with Crippen molar-refractivity contribution < 1.29 is 4.79 Å². The summed E-state index contributed by atoms with van der Waals surface area (Å²) in [6, 6.07) is 9.50. The molecule has 1 amide bonds. The van der Waals surface area contributed by atoms with Gasteiger partial charge in [-0.1, -0.05) is 23.7 Å². The summed E-state index contributed by atoms with van der Waals surface area (Å²) in [5.41, 5.74) is 2.84. The molecule has 0 unspecified atom stereocenters. The van der Waals surface area contributed by atoms with Crippen LogP contribution in [0.3, 0.4) is 0 Å². The van der Waals surface area contributed by atoms with Crippen LogP contribution >= 0.6 is 11.6 Å². The molecule has 0 bridgehead atoms. The normalized spacial score (nSPS) is 17.8. The number of nitrogens with one attached hydrogen (secondary N) is 1. The van der Waals surface area contributed by atoms with Gasteiger partial charge in [0, 0.05) is 42.6 Å². The van der Waals surface area contributed by atoms with E-state index in [1.807, 2.05) is 31.3 Å². The van der Waals surface area contributed by atoms with Gasteiger partial charge in [-0.05, 0) is 55.1 Å². The summed E-state index contributed by atoms with van der Waals surface area (Å²) in [5, 5.41) is 3.67. The Labute approximate surface area is 147 Å². The Bertz CT molecular complexity index is 705. The zero-order chi connectivity index (χ0) is 16.9. The first-order chi connectivity index (χ1) is 11.6. The van der Waals surface area contributed by atoms with Crippen LogP contribution in [0.5, 0.6) is 0 Å². The number of hydrogen-bond acceptors (Lipinski definition) is 3. The Morgan fingerprint density at radius 1 is 1.42 bits per heavy atom. The first-order valence-corrected chi connectivity index (χ1v) is 8.65. The third-order valence-corrected chi connectivity index (χ3v) is 4.89. The predicted octanol–water partition coefficient (Wildman–Crippen LogP) is 3.30. The third-order valence-electron chi connectivity index (χ3n) is 4.48. The van der Waals surface area contributed by atoms with Crippen molar-refractivity contribution in [1.82, 2.24) is 15.2 Å². The lowest BCUT2D eigenvalue weighted by Gasteiger charge is -2.16. The molecule has 1 fully saturated rings. The van der Waals surface area contributed by atoms with E-state index in [-0.39, 0.29) is 5.91 Å². The van der Waals surface area contributed by atoms with Crippen molar-refractivity contribution in [2.24, 2.45) is 5.92 Å². The molecule has 1 aromatic heterocycles. The number of aromatic nitrogens is 1. The number of rotatable bonds is 5. The van der Waals surface area contributed by atoms with Crippen LogP contribution in [0.25, 0.3) is 0 Å². The van der Waals surface area contributed by atoms with Gasteiger partial charge in [-0.25, -0.2) is 0 Å². The molecular formula is C19H22ClN3O. The molecule has 5 heteroatoms. The molecule has 24 heavy (non-hydrogen) atoms. The minimum absolute atomic E-state index is 0.0531. The maximum absolute atomic E-state index is 12.2. The highest BCUT2D eigenvalue weighted by atomic mass is 35.5. The first-order valence-electron chi connectivity index (χ1n) is 8.27. The number of amides is 1. The molecular weight excluding hydrogens is 322 g/mol. The lowest BCUT2D eigenvalue weighted by Crippen LogP contribution is -2.31. The van der Waals surface area contributed by atoms with Gasteiger partial charge in [0.05, 0.1) is 0 Å². The molecule has 1 aromatic carbocycles. The number of benzene rings is 1. The van der Waals surface area contributed by atoms with Gasteiger partial charge in [-0.15, -0.1) is 0 Å². The molecule has 1 aliphatic heterocycles. The molecule has 1 aliphatic rings. The van der Waals surface area contributed by atoms with Crippen LogP contribution < -0.4 is 5.32 Å². The van der Waals surface area contributed by atoms with Crippen molar-refractivity contribution in [2.45, 2.75) is 19.9 Å². The highest BCUT2D eigenvalue weighted by molar-refractivity contribution is 6.31. The number of carbonyl (C=O) groups is 1. The molecule has 2 heterocycles. The van der Waals surface area contributed by atoms with E-state index >= 15 is 0 Å². The molecule has 126 valence electrons. The van der Waals surface area contributed by atoms with Crippen LogP contribution in [-0.4, -0.2) is 35.4 Å². The number of aryl methyl sites for hydroxylation is 1. The highest BCUT2D eigenvalue weighted by Crippen LogP contribution is 2.19. The van der Waals surface area contributed by atoms with Crippen LogP contribution in [0.1, 0.15) is 27.9 Å². The van der Waals surface area contributed by atoms with Crippen molar-refractivity contribution in [2.75, 3.05) is 19.6 Å². The molecule has 4 nitrogen and oxygen atoms in total. The molecule has 0 saturated carbocycles. The highest BCUT2D eigenvalue weighted by Gasteiger charge is 2.23. The fraction of sp³-hybridized carbons (Fsp3) is 0.368. The Morgan fingerprint density at radius 3 is 3.04 bits per heavy atom. The lowest BCUT2D eigenvalue weighted by molar-refractivity contribution is 0.0947. The van der Waals surface area contributed by atoms with Gasteiger partial charge >= 0.3 is 0 Å². The predicted molar refractivity (Wildman–Crippen MR) is 96.1 cm³/mol. The molecule has 3 rings (SSSR count). The largest absolute Gasteiger partial charge is 0.352 e. The Balaban J connectivity index is 1.47. The number of likely N-dealkylation sites (tertiary alicyclic amines) is 1. The van der Waals surface area contributed by atoms with Crippen molar-refractivity contribution in [3.05, 3.63) is 64.4 Å². The lowest BCUT2D eigenvalue weighted by atomic mass is 10.1. The number of pyridine rings is 1. The zero-order valence-corrected chi connectivity index (χ0v) is 14.6. The molecule has 1 saturated heterocycles. The second kappa shape index (κ2) is 7.77. The Morgan fingerprint density at radius 2 is 2.29 bits per heavy atom. The van der Waals surface area contributed by atoms with Crippen molar-refractivity contribution >= 4 is 17.5 Å². The standard InChI is InChI=1S/C19H22ClN3O/c1-14-4-5-17(9-18(14)20)19(24)22-11-16-6-8-23(13-16)12-15-3-2-7-21-10-15/h2-5,7,9-10,16H,6,8,11-13H2,1H3,(H,22,24)/t16-/m1/s1. The minimum Gasteiger partial charge on any atom is -0.352 e. The van der Waals surface area contributed by atoms with E-state index in [1.54, 1.807) is 12.3 Å². The molecule has 0 spiro atoms. The Hall–Kier alpha value is -1.91. The average Bonchev–Trinajstić information content (AvgIpc) is 3.03. The molecule has 1 N–H and O–H groups in total. The van der Waals surface area contributed by atoms with Crippen molar-refractivity contribution in [3.63, 3.8) is 0 Å². The summed E-state index contributed by atoms with van der Waals surface area (Å²) < 4.78 is 0. The number of hydrogen-bond donors (Lipinski definition) is 1. The smallest absolute Gasteiger partial charge is 0.251 e. The minimum atomic E-state index is -0.0531. The summed E-state index contributed by atoms with van der Waals surface area (Å²) in [5.74, 6) is 0.439. The van der Waals surface area contributed by atoms with Crippen LogP contribution in [0.4, 0.5) is 0 Å². The van der Waals surface area contributed by atoms with Crippen LogP contribution in [0, 0.1) is 12.8 Å².